The first kappa shape index (κ1) is 16.5. The highest BCUT2D eigenvalue weighted by atomic mass is 32.2. The molecule has 0 unspecified atom stereocenters. The molecule has 5 heteroatoms. The van der Waals surface area contributed by atoms with Gasteiger partial charge in [-0.05, 0) is 44.2 Å². The number of H-pyrrole nitrogens is 1. The summed E-state index contributed by atoms with van der Waals surface area (Å²) in [4.78, 5) is 22.5. The molecule has 2 atom stereocenters. The summed E-state index contributed by atoms with van der Waals surface area (Å²) in [7, 11) is 0. The van der Waals surface area contributed by atoms with Crippen LogP contribution in [0.2, 0.25) is 0 Å². The lowest BCUT2D eigenvalue weighted by Crippen LogP contribution is -2.34. The standard InChI is InChI=1S/C18H25N3OS/c1-3-23-14-8-6-7-11-21(12-14)13(2)17-19-16-10-5-4-9-15(16)18(22)20-17/h4-5,9-10,13-14H,3,6-8,11-12H2,1-2H3,(H,19,20,22)/t13-,14+/m0/s1. The average molecular weight is 331 g/mol. The Morgan fingerprint density at radius 1 is 1.39 bits per heavy atom. The number of rotatable bonds is 4. The third-order valence-corrected chi connectivity index (χ3v) is 5.83. The zero-order valence-corrected chi connectivity index (χ0v) is 14.7. The summed E-state index contributed by atoms with van der Waals surface area (Å²) in [6, 6.07) is 7.70. The van der Waals surface area contributed by atoms with Gasteiger partial charge in [-0.25, -0.2) is 4.98 Å². The van der Waals surface area contributed by atoms with Crippen molar-refractivity contribution in [1.82, 2.24) is 14.9 Å². The molecule has 0 amide bonds. The van der Waals surface area contributed by atoms with Crippen molar-refractivity contribution >= 4 is 22.7 Å². The first-order valence-electron chi connectivity index (χ1n) is 8.53. The highest BCUT2D eigenvalue weighted by molar-refractivity contribution is 7.99. The number of hydrogen-bond acceptors (Lipinski definition) is 4. The molecule has 1 aromatic carbocycles. The van der Waals surface area contributed by atoms with Gasteiger partial charge in [0.15, 0.2) is 0 Å². The molecule has 4 nitrogen and oxygen atoms in total. The van der Waals surface area contributed by atoms with E-state index in [2.05, 4.69) is 35.5 Å². The summed E-state index contributed by atoms with van der Waals surface area (Å²) in [5.41, 5.74) is 0.749. The van der Waals surface area contributed by atoms with Gasteiger partial charge in [0.05, 0.1) is 16.9 Å². The molecule has 3 rings (SSSR count). The van der Waals surface area contributed by atoms with Crippen LogP contribution < -0.4 is 5.56 Å². The van der Waals surface area contributed by atoms with Crippen molar-refractivity contribution in [3.8, 4) is 0 Å². The quantitative estimate of drug-likeness (QED) is 0.930. The van der Waals surface area contributed by atoms with E-state index >= 15 is 0 Å². The Morgan fingerprint density at radius 2 is 2.22 bits per heavy atom. The Kier molecular flexibility index (Phi) is 5.38. The molecule has 0 aliphatic carbocycles. The molecule has 124 valence electrons. The van der Waals surface area contributed by atoms with Crippen molar-refractivity contribution in [1.29, 1.82) is 0 Å². The van der Waals surface area contributed by atoms with Gasteiger partial charge in [-0.1, -0.05) is 25.5 Å². The van der Waals surface area contributed by atoms with E-state index in [0.29, 0.717) is 10.6 Å². The number of likely N-dealkylation sites (tertiary alicyclic amines) is 1. The topological polar surface area (TPSA) is 49.0 Å². The molecule has 0 saturated carbocycles. The van der Waals surface area contributed by atoms with Gasteiger partial charge in [0.1, 0.15) is 5.82 Å². The third-order valence-electron chi connectivity index (χ3n) is 4.64. The molecule has 1 fully saturated rings. The van der Waals surface area contributed by atoms with Gasteiger partial charge < -0.3 is 4.98 Å². The number of benzene rings is 1. The van der Waals surface area contributed by atoms with E-state index in [9.17, 15) is 4.79 Å². The average Bonchev–Trinajstić information content (AvgIpc) is 2.80. The van der Waals surface area contributed by atoms with Crippen LogP contribution in [0, 0.1) is 0 Å². The highest BCUT2D eigenvalue weighted by Gasteiger charge is 2.24. The van der Waals surface area contributed by atoms with Crippen LogP contribution in [-0.2, 0) is 0 Å². The maximum Gasteiger partial charge on any atom is 0.258 e. The molecule has 0 bridgehead atoms. The fraction of sp³-hybridized carbons (Fsp3) is 0.556. The zero-order valence-electron chi connectivity index (χ0n) is 13.9. The lowest BCUT2D eigenvalue weighted by Gasteiger charge is -2.29. The fourth-order valence-electron chi connectivity index (χ4n) is 3.33. The fourth-order valence-corrected chi connectivity index (χ4v) is 4.43. The summed E-state index contributed by atoms with van der Waals surface area (Å²) in [6.45, 7) is 6.55. The molecule has 1 aliphatic heterocycles. The van der Waals surface area contributed by atoms with Crippen LogP contribution in [0.25, 0.3) is 10.9 Å². The van der Waals surface area contributed by atoms with E-state index < -0.39 is 0 Å². The predicted molar refractivity (Wildman–Crippen MR) is 98.1 cm³/mol. The molecule has 0 radical (unpaired) electrons. The van der Waals surface area contributed by atoms with Crippen molar-refractivity contribution in [3.63, 3.8) is 0 Å². The van der Waals surface area contributed by atoms with E-state index in [4.69, 9.17) is 4.98 Å². The first-order chi connectivity index (χ1) is 11.2. The van der Waals surface area contributed by atoms with Crippen LogP contribution in [0.4, 0.5) is 0 Å². The Hall–Kier alpha value is -1.33. The summed E-state index contributed by atoms with van der Waals surface area (Å²) in [5.74, 6) is 1.95. The van der Waals surface area contributed by atoms with Gasteiger partial charge >= 0.3 is 0 Å². The molecule has 1 aromatic heterocycles. The largest absolute Gasteiger partial charge is 0.309 e. The number of aromatic nitrogens is 2. The lowest BCUT2D eigenvalue weighted by molar-refractivity contribution is 0.213. The molecule has 1 saturated heterocycles. The van der Waals surface area contributed by atoms with Gasteiger partial charge in [0.25, 0.3) is 5.56 Å². The summed E-state index contributed by atoms with van der Waals surface area (Å²) < 4.78 is 0. The SMILES string of the molecule is CCS[C@@H]1CCCCN([C@@H](C)c2nc3ccccc3c(=O)[nH]2)C1. The molecule has 1 aliphatic rings. The second-order valence-corrected chi connectivity index (χ2v) is 7.79. The Bertz CT molecular complexity index is 715. The van der Waals surface area contributed by atoms with E-state index in [1.54, 1.807) is 0 Å². The van der Waals surface area contributed by atoms with E-state index in [1.807, 2.05) is 24.3 Å². The number of para-hydroxylation sites is 1. The molecule has 23 heavy (non-hydrogen) atoms. The molecule has 2 aromatic rings. The van der Waals surface area contributed by atoms with Crippen LogP contribution in [0.3, 0.4) is 0 Å². The van der Waals surface area contributed by atoms with Gasteiger partial charge in [-0.3, -0.25) is 9.69 Å². The lowest BCUT2D eigenvalue weighted by atomic mass is 10.2. The normalized spacial score (nSPS) is 21.2. The van der Waals surface area contributed by atoms with E-state index in [-0.39, 0.29) is 11.6 Å². The maximum atomic E-state index is 12.3. The molecule has 1 N–H and O–H groups in total. The van der Waals surface area contributed by atoms with Crippen molar-refractivity contribution in [2.75, 3.05) is 18.8 Å². The van der Waals surface area contributed by atoms with Gasteiger partial charge in [-0.15, -0.1) is 0 Å². The van der Waals surface area contributed by atoms with Gasteiger partial charge in [0.2, 0.25) is 0 Å². The van der Waals surface area contributed by atoms with Crippen LogP contribution in [0.15, 0.2) is 29.1 Å². The smallest absolute Gasteiger partial charge is 0.258 e. The second-order valence-electron chi connectivity index (χ2n) is 6.21. The number of fused-ring (bicyclic) bond motifs is 1. The van der Waals surface area contributed by atoms with Crippen molar-refractivity contribution < 1.29 is 0 Å². The molecular formula is C18H25N3OS. The van der Waals surface area contributed by atoms with E-state index in [1.165, 1.54) is 19.3 Å². The number of aromatic amines is 1. The van der Waals surface area contributed by atoms with Crippen molar-refractivity contribution in [2.45, 2.75) is 44.4 Å². The highest BCUT2D eigenvalue weighted by Crippen LogP contribution is 2.27. The number of nitrogens with zero attached hydrogens (tertiary/aromatic N) is 2. The summed E-state index contributed by atoms with van der Waals surface area (Å²) in [6.07, 6.45) is 3.81. The predicted octanol–water partition coefficient (Wildman–Crippen LogP) is 3.59. The maximum absolute atomic E-state index is 12.3. The molecule has 0 spiro atoms. The monoisotopic (exact) mass is 331 g/mol. The van der Waals surface area contributed by atoms with Crippen molar-refractivity contribution in [3.05, 3.63) is 40.4 Å². The number of nitrogens with one attached hydrogen (secondary N) is 1. The van der Waals surface area contributed by atoms with E-state index in [0.717, 1.165) is 30.2 Å². The van der Waals surface area contributed by atoms with Crippen molar-refractivity contribution in [2.24, 2.45) is 0 Å². The van der Waals surface area contributed by atoms with Crippen LogP contribution in [0.1, 0.15) is 45.0 Å². The molecular weight excluding hydrogens is 306 g/mol. The zero-order chi connectivity index (χ0) is 16.2. The Balaban J connectivity index is 1.86. The summed E-state index contributed by atoms with van der Waals surface area (Å²) in [5, 5.41) is 1.36. The second kappa shape index (κ2) is 7.49. The minimum Gasteiger partial charge on any atom is -0.309 e. The Labute approximate surface area is 141 Å². The number of hydrogen-bond donors (Lipinski definition) is 1. The Morgan fingerprint density at radius 3 is 3.04 bits per heavy atom. The van der Waals surface area contributed by atoms with Gasteiger partial charge in [0, 0.05) is 11.8 Å². The minimum atomic E-state index is -0.0354. The van der Waals surface area contributed by atoms with Crippen LogP contribution in [0.5, 0.6) is 0 Å². The van der Waals surface area contributed by atoms with Crippen LogP contribution >= 0.6 is 11.8 Å². The third kappa shape index (κ3) is 3.78. The minimum absolute atomic E-state index is 0.0354. The summed E-state index contributed by atoms with van der Waals surface area (Å²) >= 11 is 2.05. The van der Waals surface area contributed by atoms with Crippen LogP contribution in [-0.4, -0.2) is 39.0 Å². The molecule has 2 heterocycles. The van der Waals surface area contributed by atoms with Gasteiger partial charge in [-0.2, -0.15) is 11.8 Å². The number of thioether (sulfide) groups is 1. The first-order valence-corrected chi connectivity index (χ1v) is 9.58.